The van der Waals surface area contributed by atoms with E-state index >= 15 is 0 Å². The highest BCUT2D eigenvalue weighted by molar-refractivity contribution is 5.66. The Labute approximate surface area is 81.2 Å². The van der Waals surface area contributed by atoms with Crippen molar-refractivity contribution in [2.24, 2.45) is 0 Å². The monoisotopic (exact) mass is 196 g/mol. The van der Waals surface area contributed by atoms with Crippen molar-refractivity contribution < 1.29 is 14.3 Å². The number of aryl methyl sites for hydroxylation is 1. The summed E-state index contributed by atoms with van der Waals surface area (Å²) < 4.78 is 4.88. The van der Waals surface area contributed by atoms with Crippen molar-refractivity contribution in [1.82, 2.24) is 0 Å². The molecule has 0 spiro atoms. The van der Waals surface area contributed by atoms with Crippen molar-refractivity contribution in [3.63, 3.8) is 0 Å². The molecule has 1 aromatic heterocycles. The molecule has 0 saturated heterocycles. The Hall–Kier alpha value is -1.58. The second kappa shape index (κ2) is 5.21. The molecule has 1 rings (SSSR count). The molecular formula is C10H12O4. The topological polar surface area (TPSA) is 67.5 Å². The van der Waals surface area contributed by atoms with Gasteiger partial charge >= 0.3 is 11.6 Å². The maximum Gasteiger partial charge on any atom is 0.335 e. The molecule has 0 atom stereocenters. The second-order valence-corrected chi connectivity index (χ2v) is 3.01. The molecule has 0 aliphatic rings. The van der Waals surface area contributed by atoms with Crippen LogP contribution in [0.3, 0.4) is 0 Å². The molecule has 0 saturated carbocycles. The van der Waals surface area contributed by atoms with Gasteiger partial charge in [-0.1, -0.05) is 6.07 Å². The van der Waals surface area contributed by atoms with Crippen LogP contribution in [0, 0.1) is 0 Å². The van der Waals surface area contributed by atoms with Gasteiger partial charge in [-0.25, -0.2) is 4.79 Å². The van der Waals surface area contributed by atoms with E-state index in [4.69, 9.17) is 9.52 Å². The molecule has 0 unspecified atom stereocenters. The predicted octanol–water partition coefficient (Wildman–Crippen LogP) is 1.44. The van der Waals surface area contributed by atoms with Crippen LogP contribution >= 0.6 is 0 Å². The predicted molar refractivity (Wildman–Crippen MR) is 50.2 cm³/mol. The fourth-order valence-corrected chi connectivity index (χ4v) is 1.14. The van der Waals surface area contributed by atoms with Crippen LogP contribution in [0.1, 0.15) is 25.0 Å². The minimum atomic E-state index is -0.792. The first-order valence-corrected chi connectivity index (χ1v) is 4.49. The SMILES string of the molecule is O=C(O)CCCCc1cccc(=O)o1. The Morgan fingerprint density at radius 3 is 2.79 bits per heavy atom. The minimum absolute atomic E-state index is 0.164. The smallest absolute Gasteiger partial charge is 0.335 e. The summed E-state index contributed by atoms with van der Waals surface area (Å²) in [5.74, 6) is -0.178. The number of rotatable bonds is 5. The number of carbonyl (C=O) groups is 1. The first-order chi connectivity index (χ1) is 6.68. The van der Waals surface area contributed by atoms with Gasteiger partial charge < -0.3 is 9.52 Å². The highest BCUT2D eigenvalue weighted by Crippen LogP contribution is 2.04. The first kappa shape index (κ1) is 10.5. The third kappa shape index (κ3) is 3.89. The van der Waals surface area contributed by atoms with Gasteiger partial charge in [0.2, 0.25) is 0 Å². The molecule has 0 radical (unpaired) electrons. The molecule has 1 aromatic rings. The molecule has 1 heterocycles. The lowest BCUT2D eigenvalue weighted by Gasteiger charge is -1.97. The van der Waals surface area contributed by atoms with E-state index in [0.29, 0.717) is 18.6 Å². The van der Waals surface area contributed by atoms with E-state index in [1.165, 1.54) is 6.07 Å². The molecule has 0 fully saturated rings. The zero-order valence-corrected chi connectivity index (χ0v) is 7.73. The van der Waals surface area contributed by atoms with E-state index < -0.39 is 5.97 Å². The fourth-order valence-electron chi connectivity index (χ4n) is 1.14. The minimum Gasteiger partial charge on any atom is -0.481 e. The lowest BCUT2D eigenvalue weighted by molar-refractivity contribution is -0.137. The maximum absolute atomic E-state index is 10.8. The van der Waals surface area contributed by atoms with E-state index in [2.05, 4.69) is 0 Å². The van der Waals surface area contributed by atoms with Gasteiger partial charge in [-0.2, -0.15) is 0 Å². The van der Waals surface area contributed by atoms with Gasteiger partial charge in [0.15, 0.2) is 0 Å². The highest BCUT2D eigenvalue weighted by atomic mass is 16.4. The molecule has 0 bridgehead atoms. The van der Waals surface area contributed by atoms with Crippen LogP contribution < -0.4 is 5.63 Å². The van der Waals surface area contributed by atoms with Gasteiger partial charge in [-0.15, -0.1) is 0 Å². The number of hydrogen-bond acceptors (Lipinski definition) is 3. The molecular weight excluding hydrogens is 184 g/mol. The average Bonchev–Trinajstić information content (AvgIpc) is 2.12. The highest BCUT2D eigenvalue weighted by Gasteiger charge is 1.99. The third-order valence-corrected chi connectivity index (χ3v) is 1.81. The van der Waals surface area contributed by atoms with E-state index in [1.807, 2.05) is 0 Å². The van der Waals surface area contributed by atoms with Gasteiger partial charge in [-0.3, -0.25) is 4.79 Å². The Morgan fingerprint density at radius 1 is 1.36 bits per heavy atom. The van der Waals surface area contributed by atoms with Crippen LogP contribution in [-0.4, -0.2) is 11.1 Å². The third-order valence-electron chi connectivity index (χ3n) is 1.81. The molecule has 76 valence electrons. The van der Waals surface area contributed by atoms with Crippen LogP contribution in [-0.2, 0) is 11.2 Å². The van der Waals surface area contributed by atoms with Gasteiger partial charge in [0.05, 0.1) is 0 Å². The van der Waals surface area contributed by atoms with Gasteiger partial charge in [0, 0.05) is 18.9 Å². The van der Waals surface area contributed by atoms with Crippen molar-refractivity contribution in [2.75, 3.05) is 0 Å². The van der Waals surface area contributed by atoms with Gasteiger partial charge in [0.25, 0.3) is 0 Å². The summed E-state index contributed by atoms with van der Waals surface area (Å²) in [5, 5.41) is 8.38. The normalized spacial score (nSPS) is 10.0. The van der Waals surface area contributed by atoms with E-state index in [-0.39, 0.29) is 12.0 Å². The summed E-state index contributed by atoms with van der Waals surface area (Å²) in [7, 11) is 0. The van der Waals surface area contributed by atoms with Crippen molar-refractivity contribution in [1.29, 1.82) is 0 Å². The number of carboxylic acid groups (broad SMARTS) is 1. The molecule has 14 heavy (non-hydrogen) atoms. The summed E-state index contributed by atoms with van der Waals surface area (Å²) in [6.45, 7) is 0. The summed E-state index contributed by atoms with van der Waals surface area (Å²) >= 11 is 0. The van der Waals surface area contributed by atoms with Crippen molar-refractivity contribution in [3.8, 4) is 0 Å². The van der Waals surface area contributed by atoms with Crippen LogP contribution in [0.15, 0.2) is 27.4 Å². The molecule has 0 aliphatic heterocycles. The van der Waals surface area contributed by atoms with E-state index in [1.54, 1.807) is 12.1 Å². The Balaban J connectivity index is 2.31. The van der Waals surface area contributed by atoms with Gasteiger partial charge in [-0.05, 0) is 18.9 Å². The Morgan fingerprint density at radius 2 is 2.14 bits per heavy atom. The number of aliphatic carboxylic acids is 1. The van der Waals surface area contributed by atoms with Crippen molar-refractivity contribution in [2.45, 2.75) is 25.7 Å². The van der Waals surface area contributed by atoms with Crippen LogP contribution in [0.2, 0.25) is 0 Å². The van der Waals surface area contributed by atoms with E-state index in [0.717, 1.165) is 6.42 Å². The Bertz CT molecular complexity index is 353. The zero-order chi connectivity index (χ0) is 10.4. The summed E-state index contributed by atoms with van der Waals surface area (Å²) in [4.78, 5) is 21.0. The van der Waals surface area contributed by atoms with Crippen molar-refractivity contribution >= 4 is 5.97 Å². The molecule has 1 N–H and O–H groups in total. The standard InChI is InChI=1S/C10H12O4/c11-9(12)6-2-1-4-8-5-3-7-10(13)14-8/h3,5,7H,1-2,4,6H2,(H,11,12). The first-order valence-electron chi connectivity index (χ1n) is 4.49. The molecule has 4 heteroatoms. The zero-order valence-electron chi connectivity index (χ0n) is 7.73. The molecule has 0 aliphatic carbocycles. The van der Waals surface area contributed by atoms with Crippen LogP contribution in [0.5, 0.6) is 0 Å². The fraction of sp³-hybridized carbons (Fsp3) is 0.400. The largest absolute Gasteiger partial charge is 0.481 e. The lowest BCUT2D eigenvalue weighted by atomic mass is 10.1. The number of hydrogen-bond donors (Lipinski definition) is 1. The average molecular weight is 196 g/mol. The summed E-state index contributed by atoms with van der Waals surface area (Å²) in [6.07, 6.45) is 2.10. The van der Waals surface area contributed by atoms with Gasteiger partial charge in [0.1, 0.15) is 5.76 Å². The quantitative estimate of drug-likeness (QED) is 0.723. The van der Waals surface area contributed by atoms with Crippen molar-refractivity contribution in [3.05, 3.63) is 34.4 Å². The van der Waals surface area contributed by atoms with Crippen LogP contribution in [0.4, 0.5) is 0 Å². The number of carboxylic acids is 1. The molecule has 0 amide bonds. The number of unbranched alkanes of at least 4 members (excludes halogenated alkanes) is 1. The lowest BCUT2D eigenvalue weighted by Crippen LogP contribution is -1.99. The molecule has 4 nitrogen and oxygen atoms in total. The Kier molecular flexibility index (Phi) is 3.91. The molecule has 0 aromatic carbocycles. The summed E-state index contributed by atoms with van der Waals surface area (Å²) in [5.41, 5.74) is -0.360. The maximum atomic E-state index is 10.8. The van der Waals surface area contributed by atoms with Crippen LogP contribution in [0.25, 0.3) is 0 Å². The van der Waals surface area contributed by atoms with E-state index in [9.17, 15) is 9.59 Å². The summed E-state index contributed by atoms with van der Waals surface area (Å²) in [6, 6.07) is 4.71. The second-order valence-electron chi connectivity index (χ2n) is 3.01.